The van der Waals surface area contributed by atoms with Crippen molar-refractivity contribution in [2.75, 3.05) is 7.05 Å². The van der Waals surface area contributed by atoms with Crippen LogP contribution in [0.5, 0.6) is 5.75 Å². The number of allylic oxidation sites excluding steroid dienone is 2. The van der Waals surface area contributed by atoms with Gasteiger partial charge in [0.05, 0.1) is 6.17 Å². The second kappa shape index (κ2) is 11.9. The molecule has 0 bridgehead atoms. The Balaban J connectivity index is 0.000000365. The molecule has 2 N–H and O–H groups in total. The fraction of sp³-hybridized carbons (Fsp3) is 0.346. The summed E-state index contributed by atoms with van der Waals surface area (Å²) in [4.78, 5) is 13.9. The number of benzene rings is 2. The topological polar surface area (TPSA) is 52.6 Å². The zero-order valence-corrected chi connectivity index (χ0v) is 19.9. The highest BCUT2D eigenvalue weighted by Crippen LogP contribution is 2.23. The van der Waals surface area contributed by atoms with E-state index in [2.05, 4.69) is 5.32 Å². The highest BCUT2D eigenvalue weighted by molar-refractivity contribution is 5.95. The Morgan fingerprint density at radius 3 is 2.19 bits per heavy atom. The maximum atomic E-state index is 12.9. The minimum atomic E-state index is -0.250. The quantitative estimate of drug-likeness (QED) is 0.624. The van der Waals surface area contributed by atoms with Gasteiger partial charge in [0.2, 0.25) is 0 Å². The van der Waals surface area contributed by atoms with Gasteiger partial charge in [-0.25, -0.2) is 4.39 Å². The van der Waals surface area contributed by atoms with Crippen LogP contribution in [0.4, 0.5) is 4.39 Å². The lowest BCUT2D eigenvalue weighted by Gasteiger charge is -2.34. The van der Waals surface area contributed by atoms with Crippen molar-refractivity contribution in [2.24, 2.45) is 0 Å². The molecule has 1 atom stereocenters. The van der Waals surface area contributed by atoms with Crippen LogP contribution in [0.2, 0.25) is 0 Å². The predicted molar refractivity (Wildman–Crippen MR) is 127 cm³/mol. The predicted octanol–water partition coefficient (Wildman–Crippen LogP) is 5.95. The first-order chi connectivity index (χ1) is 14.6. The number of phenols is 1. The van der Waals surface area contributed by atoms with E-state index >= 15 is 0 Å². The molecule has 1 unspecified atom stereocenters. The molecule has 31 heavy (non-hydrogen) atoms. The maximum absolute atomic E-state index is 12.9. The minimum absolute atomic E-state index is 0.0431. The molecular weight excluding hydrogens is 391 g/mol. The highest BCUT2D eigenvalue weighted by atomic mass is 19.1. The lowest BCUT2D eigenvalue weighted by Crippen LogP contribution is -2.48. The molecule has 0 radical (unpaired) electrons. The average Bonchev–Trinajstić information content (AvgIpc) is 2.75. The third-order valence-electron chi connectivity index (χ3n) is 5.03. The second-order valence-corrected chi connectivity index (χ2v) is 7.39. The van der Waals surface area contributed by atoms with Crippen LogP contribution in [0, 0.1) is 19.7 Å². The van der Waals surface area contributed by atoms with Crippen LogP contribution >= 0.6 is 0 Å². The van der Waals surface area contributed by atoms with Crippen molar-refractivity contribution in [2.45, 2.75) is 54.6 Å². The molecule has 2 aromatic rings. The fourth-order valence-electron chi connectivity index (χ4n) is 3.00. The summed E-state index contributed by atoms with van der Waals surface area (Å²) in [5.74, 6) is 0.0779. The van der Waals surface area contributed by atoms with Crippen LogP contribution in [0.25, 0.3) is 5.57 Å². The Morgan fingerprint density at radius 2 is 1.68 bits per heavy atom. The first-order valence-electron chi connectivity index (χ1n) is 10.5. The third-order valence-corrected chi connectivity index (χ3v) is 5.03. The van der Waals surface area contributed by atoms with E-state index in [9.17, 15) is 9.18 Å². The van der Waals surface area contributed by atoms with Gasteiger partial charge in [-0.05, 0) is 75.6 Å². The molecule has 0 saturated heterocycles. The SMILES string of the molecule is CC.CC1=C(/C=C(\C)c2ccc(F)cc2)N(C)C(C)NC1=O.Cc1ccc(O)c(C)c1. The summed E-state index contributed by atoms with van der Waals surface area (Å²) in [5.41, 5.74) is 5.64. The number of rotatable bonds is 2. The van der Waals surface area contributed by atoms with Gasteiger partial charge in [-0.15, -0.1) is 0 Å². The van der Waals surface area contributed by atoms with Gasteiger partial charge < -0.3 is 15.3 Å². The van der Waals surface area contributed by atoms with Crippen LogP contribution in [-0.4, -0.2) is 29.1 Å². The number of phenolic OH excluding ortho intramolecular Hbond substituents is 1. The average molecular weight is 427 g/mol. The van der Waals surface area contributed by atoms with Gasteiger partial charge >= 0.3 is 0 Å². The summed E-state index contributed by atoms with van der Waals surface area (Å²) in [6.07, 6.45) is 1.93. The molecule has 0 saturated carbocycles. The van der Waals surface area contributed by atoms with Gasteiger partial charge in [-0.1, -0.05) is 43.7 Å². The number of hydrogen-bond acceptors (Lipinski definition) is 3. The van der Waals surface area contributed by atoms with Crippen molar-refractivity contribution in [1.29, 1.82) is 0 Å². The number of halogens is 1. The Morgan fingerprint density at radius 1 is 1.10 bits per heavy atom. The normalized spacial score (nSPS) is 16.0. The Hall–Kier alpha value is -3.08. The number of hydrogen-bond donors (Lipinski definition) is 2. The zero-order chi connectivity index (χ0) is 23.7. The van der Waals surface area contributed by atoms with E-state index < -0.39 is 0 Å². The van der Waals surface area contributed by atoms with E-state index in [1.807, 2.05) is 78.6 Å². The monoisotopic (exact) mass is 426 g/mol. The molecule has 1 heterocycles. The summed E-state index contributed by atoms with van der Waals surface area (Å²) in [5, 5.41) is 11.9. The largest absolute Gasteiger partial charge is 0.508 e. The van der Waals surface area contributed by atoms with E-state index in [-0.39, 0.29) is 17.9 Å². The van der Waals surface area contributed by atoms with Gasteiger partial charge in [-0.2, -0.15) is 0 Å². The maximum Gasteiger partial charge on any atom is 0.250 e. The molecule has 0 spiro atoms. The van der Waals surface area contributed by atoms with Crippen LogP contribution in [0.3, 0.4) is 0 Å². The minimum Gasteiger partial charge on any atom is -0.508 e. The number of aromatic hydroxyl groups is 1. The van der Waals surface area contributed by atoms with E-state index in [1.54, 1.807) is 18.2 Å². The number of carbonyl (C=O) groups excluding carboxylic acids is 1. The molecular formula is C26H35FN2O2. The lowest BCUT2D eigenvalue weighted by molar-refractivity contribution is -0.119. The number of aryl methyl sites for hydroxylation is 2. The van der Waals surface area contributed by atoms with E-state index in [0.29, 0.717) is 11.3 Å². The van der Waals surface area contributed by atoms with Crippen molar-refractivity contribution in [3.05, 3.63) is 82.3 Å². The molecule has 3 rings (SSSR count). The zero-order valence-electron chi connectivity index (χ0n) is 19.9. The third kappa shape index (κ3) is 7.28. The van der Waals surface area contributed by atoms with Crippen molar-refractivity contribution in [3.8, 4) is 5.75 Å². The summed E-state index contributed by atoms with van der Waals surface area (Å²) < 4.78 is 12.9. The summed E-state index contributed by atoms with van der Waals surface area (Å²) in [7, 11) is 1.94. The van der Waals surface area contributed by atoms with Crippen LogP contribution in [0.15, 0.2) is 59.8 Å². The van der Waals surface area contributed by atoms with Gasteiger partial charge in [0.1, 0.15) is 11.6 Å². The summed E-state index contributed by atoms with van der Waals surface area (Å²) >= 11 is 0. The molecule has 4 nitrogen and oxygen atoms in total. The molecule has 1 amide bonds. The van der Waals surface area contributed by atoms with Crippen LogP contribution in [-0.2, 0) is 4.79 Å². The van der Waals surface area contributed by atoms with Gasteiger partial charge in [0, 0.05) is 18.3 Å². The van der Waals surface area contributed by atoms with Crippen molar-refractivity contribution in [1.82, 2.24) is 10.2 Å². The first-order valence-corrected chi connectivity index (χ1v) is 10.5. The number of nitrogens with zero attached hydrogens (tertiary/aromatic N) is 1. The lowest BCUT2D eigenvalue weighted by atomic mass is 10.0. The van der Waals surface area contributed by atoms with Gasteiger partial charge in [-0.3, -0.25) is 4.79 Å². The molecule has 0 fully saturated rings. The molecule has 2 aromatic carbocycles. The van der Waals surface area contributed by atoms with Crippen molar-refractivity contribution < 1.29 is 14.3 Å². The van der Waals surface area contributed by atoms with Gasteiger partial charge in [0.15, 0.2) is 0 Å². The summed E-state index contributed by atoms with van der Waals surface area (Å²) in [6, 6.07) is 11.9. The van der Waals surface area contributed by atoms with Crippen molar-refractivity contribution in [3.63, 3.8) is 0 Å². The Kier molecular flexibility index (Phi) is 10.00. The second-order valence-electron chi connectivity index (χ2n) is 7.39. The molecule has 0 aromatic heterocycles. The summed E-state index contributed by atoms with van der Waals surface area (Å²) in [6.45, 7) is 13.6. The van der Waals surface area contributed by atoms with E-state index in [0.717, 1.165) is 22.4 Å². The molecule has 1 aliphatic heterocycles. The number of amides is 1. The number of likely N-dealkylation sites (N-methyl/N-ethyl adjacent to an activating group) is 1. The van der Waals surface area contributed by atoms with Gasteiger partial charge in [0.25, 0.3) is 5.91 Å². The standard InChI is InChI=1S/C16H19FN2O.C8H10O.C2H6/c1-10(13-5-7-14(17)8-6-13)9-15-11(2)16(20)18-12(3)19(15)4;1-6-3-4-8(9)7(2)5-6;1-2/h5-9,12H,1-4H3,(H,18,20);3-5,9H,1-2H3;1-2H3/b10-9+;;. The highest BCUT2D eigenvalue weighted by Gasteiger charge is 2.24. The van der Waals surface area contributed by atoms with Crippen LogP contribution < -0.4 is 5.32 Å². The number of carbonyl (C=O) groups is 1. The molecule has 5 heteroatoms. The fourth-order valence-corrected chi connectivity index (χ4v) is 3.00. The molecule has 168 valence electrons. The smallest absolute Gasteiger partial charge is 0.250 e. The van der Waals surface area contributed by atoms with E-state index in [4.69, 9.17) is 5.11 Å². The number of nitrogens with one attached hydrogen (secondary N) is 1. The van der Waals surface area contributed by atoms with Crippen LogP contribution in [0.1, 0.15) is 51.3 Å². The Labute approximate surface area is 186 Å². The van der Waals surface area contributed by atoms with Crippen molar-refractivity contribution >= 4 is 11.5 Å². The molecule has 1 aliphatic rings. The Bertz CT molecular complexity index is 946. The first kappa shape index (κ1) is 26.0. The molecule has 0 aliphatic carbocycles. The van der Waals surface area contributed by atoms with E-state index in [1.165, 1.54) is 17.7 Å².